The lowest BCUT2D eigenvalue weighted by Gasteiger charge is -2.08. The van der Waals surface area contributed by atoms with Crippen molar-refractivity contribution in [3.63, 3.8) is 0 Å². The van der Waals surface area contributed by atoms with Gasteiger partial charge < -0.3 is 4.74 Å². The highest BCUT2D eigenvalue weighted by Gasteiger charge is 2.08. The quantitative estimate of drug-likeness (QED) is 0.755. The van der Waals surface area contributed by atoms with Crippen LogP contribution in [-0.2, 0) is 0 Å². The van der Waals surface area contributed by atoms with E-state index in [9.17, 15) is 4.39 Å². The van der Waals surface area contributed by atoms with Gasteiger partial charge in [0.2, 0.25) is 0 Å². The fourth-order valence-electron chi connectivity index (χ4n) is 1.16. The number of rotatable bonds is 2. The lowest BCUT2D eigenvalue weighted by Crippen LogP contribution is -1.88. The van der Waals surface area contributed by atoms with Crippen molar-refractivity contribution in [3.05, 3.63) is 58.3 Å². The number of hydrogen-bond acceptors (Lipinski definition) is 1. The summed E-state index contributed by atoms with van der Waals surface area (Å²) in [5.41, 5.74) is 0. The maximum Gasteiger partial charge on any atom is 0.166 e. The molecule has 2 aromatic carbocycles. The van der Waals surface area contributed by atoms with Crippen LogP contribution >= 0.6 is 23.2 Å². The Bertz CT molecular complexity index is 514. The van der Waals surface area contributed by atoms with Crippen molar-refractivity contribution >= 4 is 23.2 Å². The van der Waals surface area contributed by atoms with Crippen LogP contribution in [0.1, 0.15) is 0 Å². The van der Waals surface area contributed by atoms with Gasteiger partial charge in [-0.3, -0.25) is 0 Å². The van der Waals surface area contributed by atoms with E-state index in [4.69, 9.17) is 27.9 Å². The zero-order valence-electron chi connectivity index (χ0n) is 8.01. The second-order valence-electron chi connectivity index (χ2n) is 3.01. The van der Waals surface area contributed by atoms with Gasteiger partial charge in [-0.05, 0) is 30.3 Å². The van der Waals surface area contributed by atoms with Crippen molar-refractivity contribution in [2.24, 2.45) is 0 Å². The summed E-state index contributed by atoms with van der Waals surface area (Å²) in [6.45, 7) is 0. The molecule has 1 radical (unpaired) electrons. The average molecular weight is 256 g/mol. The first-order valence-electron chi connectivity index (χ1n) is 4.46. The smallest absolute Gasteiger partial charge is 0.166 e. The molecule has 0 saturated heterocycles. The molecule has 4 heteroatoms. The van der Waals surface area contributed by atoms with Crippen molar-refractivity contribution < 1.29 is 9.13 Å². The lowest BCUT2D eigenvalue weighted by molar-refractivity contribution is 0.442. The van der Waals surface area contributed by atoms with Crippen LogP contribution in [0.25, 0.3) is 0 Å². The van der Waals surface area contributed by atoms with Crippen LogP contribution in [0, 0.1) is 11.9 Å². The van der Waals surface area contributed by atoms with Gasteiger partial charge in [0.1, 0.15) is 10.8 Å². The molecule has 0 atom stereocenters. The molecule has 0 N–H and O–H groups in total. The number of halogens is 3. The van der Waals surface area contributed by atoms with Gasteiger partial charge in [0, 0.05) is 0 Å². The van der Waals surface area contributed by atoms with Crippen LogP contribution in [0.5, 0.6) is 11.5 Å². The van der Waals surface area contributed by atoms with Crippen LogP contribution in [0.2, 0.25) is 10.0 Å². The Labute approximate surface area is 102 Å². The van der Waals surface area contributed by atoms with Crippen LogP contribution in [0.15, 0.2) is 36.4 Å². The standard InChI is InChI=1S/C12H6Cl2FO/c13-8-4-3-7-11(12(8)14)16-10-6-2-1-5-9(10)15/h2-7H. The van der Waals surface area contributed by atoms with Crippen molar-refractivity contribution in [3.8, 4) is 11.5 Å². The second-order valence-corrected chi connectivity index (χ2v) is 3.80. The summed E-state index contributed by atoms with van der Waals surface area (Å²) in [6, 6.07) is 11.7. The normalized spacial score (nSPS) is 10.2. The van der Waals surface area contributed by atoms with Crippen LogP contribution in [0.3, 0.4) is 0 Å². The van der Waals surface area contributed by atoms with E-state index in [0.29, 0.717) is 10.8 Å². The molecule has 1 nitrogen and oxygen atoms in total. The minimum absolute atomic E-state index is 0.0860. The summed E-state index contributed by atoms with van der Waals surface area (Å²) in [6.07, 6.45) is 0. The highest BCUT2D eigenvalue weighted by atomic mass is 35.5. The average Bonchev–Trinajstić information content (AvgIpc) is 2.28. The molecule has 0 amide bonds. The highest BCUT2D eigenvalue weighted by molar-refractivity contribution is 6.42. The van der Waals surface area contributed by atoms with Gasteiger partial charge in [0.15, 0.2) is 11.6 Å². The Morgan fingerprint density at radius 3 is 2.69 bits per heavy atom. The van der Waals surface area contributed by atoms with Crippen molar-refractivity contribution in [1.29, 1.82) is 0 Å². The van der Waals surface area contributed by atoms with Crippen LogP contribution < -0.4 is 4.74 Å². The third-order valence-corrected chi connectivity index (χ3v) is 2.71. The largest absolute Gasteiger partial charge is 0.453 e. The molecule has 0 spiro atoms. The molecule has 0 aliphatic carbocycles. The third-order valence-electron chi connectivity index (χ3n) is 1.91. The van der Waals surface area contributed by atoms with Gasteiger partial charge in [-0.25, -0.2) is 4.39 Å². The van der Waals surface area contributed by atoms with Crippen molar-refractivity contribution in [1.82, 2.24) is 0 Å². The molecule has 0 unspecified atom stereocenters. The van der Waals surface area contributed by atoms with E-state index in [1.165, 1.54) is 12.1 Å². The number of ether oxygens (including phenoxy) is 1. The minimum Gasteiger partial charge on any atom is -0.453 e. The fraction of sp³-hybridized carbons (Fsp3) is 0. The summed E-state index contributed by atoms with van der Waals surface area (Å²) in [5, 5.41) is 0.624. The molecule has 0 aromatic heterocycles. The molecule has 81 valence electrons. The molecular weight excluding hydrogens is 250 g/mol. The van der Waals surface area contributed by atoms with Gasteiger partial charge in [0.25, 0.3) is 0 Å². The highest BCUT2D eigenvalue weighted by Crippen LogP contribution is 2.35. The van der Waals surface area contributed by atoms with Crippen molar-refractivity contribution in [2.75, 3.05) is 0 Å². The predicted molar refractivity (Wildman–Crippen MR) is 61.8 cm³/mol. The first-order chi connectivity index (χ1) is 7.68. The number of hydrogen-bond donors (Lipinski definition) is 0. The first kappa shape index (κ1) is 11.2. The van der Waals surface area contributed by atoms with E-state index in [2.05, 4.69) is 6.07 Å². The molecule has 0 aliphatic heterocycles. The van der Waals surface area contributed by atoms with Crippen LogP contribution in [-0.4, -0.2) is 0 Å². The minimum atomic E-state index is -0.501. The van der Waals surface area contributed by atoms with E-state index in [1.807, 2.05) is 0 Å². The Kier molecular flexibility index (Phi) is 3.32. The van der Waals surface area contributed by atoms with Gasteiger partial charge >= 0.3 is 0 Å². The summed E-state index contributed by atoms with van der Waals surface area (Å²) in [4.78, 5) is 0. The zero-order valence-corrected chi connectivity index (χ0v) is 9.52. The molecule has 0 bridgehead atoms. The summed E-state index contributed by atoms with van der Waals surface area (Å²) >= 11 is 11.7. The van der Waals surface area contributed by atoms with Crippen LogP contribution in [0.4, 0.5) is 4.39 Å². The summed E-state index contributed by atoms with van der Waals surface area (Å²) in [7, 11) is 0. The zero-order chi connectivity index (χ0) is 11.5. The molecule has 0 aliphatic rings. The Hall–Kier alpha value is -1.25. The van der Waals surface area contributed by atoms with Gasteiger partial charge in [-0.1, -0.05) is 35.3 Å². The van der Waals surface area contributed by atoms with Crippen molar-refractivity contribution in [2.45, 2.75) is 0 Å². The third kappa shape index (κ3) is 2.29. The van der Waals surface area contributed by atoms with Gasteiger partial charge in [-0.2, -0.15) is 0 Å². The van der Waals surface area contributed by atoms with E-state index in [1.54, 1.807) is 24.3 Å². The summed E-state index contributed by atoms with van der Waals surface area (Å²) in [5.74, 6) is -0.0966. The fourth-order valence-corrected chi connectivity index (χ4v) is 1.49. The first-order valence-corrected chi connectivity index (χ1v) is 5.21. The predicted octanol–water partition coefficient (Wildman–Crippen LogP) is 4.72. The Balaban J connectivity index is 2.35. The molecule has 0 fully saturated rings. The monoisotopic (exact) mass is 255 g/mol. The molecule has 2 aromatic rings. The SMILES string of the molecule is Fc1c[c]ccc1Oc1cccc(Cl)c1Cl. The lowest BCUT2D eigenvalue weighted by atomic mass is 10.3. The second kappa shape index (κ2) is 4.73. The van der Waals surface area contributed by atoms with E-state index < -0.39 is 5.82 Å². The van der Waals surface area contributed by atoms with Gasteiger partial charge in [-0.15, -0.1) is 0 Å². The molecule has 16 heavy (non-hydrogen) atoms. The topological polar surface area (TPSA) is 9.23 Å². The van der Waals surface area contributed by atoms with E-state index >= 15 is 0 Å². The molecule has 0 saturated carbocycles. The molecular formula is C12H6Cl2FO. The summed E-state index contributed by atoms with van der Waals surface area (Å²) < 4.78 is 18.6. The van der Waals surface area contributed by atoms with E-state index in [0.717, 1.165) is 0 Å². The Morgan fingerprint density at radius 2 is 1.94 bits per heavy atom. The van der Waals surface area contributed by atoms with Gasteiger partial charge in [0.05, 0.1) is 5.02 Å². The van der Waals surface area contributed by atoms with E-state index in [-0.39, 0.29) is 10.8 Å². The maximum absolute atomic E-state index is 13.3. The maximum atomic E-state index is 13.3. The molecule has 2 rings (SSSR count). The number of benzene rings is 2. The Morgan fingerprint density at radius 1 is 1.12 bits per heavy atom. The molecule has 0 heterocycles.